The quantitative estimate of drug-likeness (QED) is 0.593. The molecular formula is C23H30FN3O7S. The van der Waals surface area contributed by atoms with E-state index in [2.05, 4.69) is 10.1 Å². The van der Waals surface area contributed by atoms with Gasteiger partial charge < -0.3 is 18.7 Å². The van der Waals surface area contributed by atoms with E-state index in [0.29, 0.717) is 26.1 Å². The van der Waals surface area contributed by atoms with Gasteiger partial charge in [-0.25, -0.2) is 17.6 Å². The van der Waals surface area contributed by atoms with Gasteiger partial charge in [-0.05, 0) is 58.7 Å². The van der Waals surface area contributed by atoms with Crippen LogP contribution in [0.5, 0.6) is 0 Å². The first-order valence-electron chi connectivity index (χ1n) is 11.4. The van der Waals surface area contributed by atoms with Crippen LogP contribution < -0.4 is 0 Å². The summed E-state index contributed by atoms with van der Waals surface area (Å²) in [5.74, 6) is -0.547. The van der Waals surface area contributed by atoms with Gasteiger partial charge in [0.25, 0.3) is 5.89 Å². The molecule has 192 valence electrons. The summed E-state index contributed by atoms with van der Waals surface area (Å²) in [6, 6.07) is 3.33. The zero-order valence-electron chi connectivity index (χ0n) is 20.4. The van der Waals surface area contributed by atoms with E-state index in [-0.39, 0.29) is 41.6 Å². The number of sulfone groups is 1. The van der Waals surface area contributed by atoms with Crippen LogP contribution in [-0.4, -0.2) is 72.8 Å². The Balaban J connectivity index is 1.42. The van der Waals surface area contributed by atoms with Crippen LogP contribution in [-0.2, 0) is 24.0 Å². The molecule has 3 heterocycles. The molecule has 2 aromatic rings. The second-order valence-corrected chi connectivity index (χ2v) is 12.0. The number of amides is 1. The van der Waals surface area contributed by atoms with Gasteiger partial charge in [-0.1, -0.05) is 5.16 Å². The maximum atomic E-state index is 14.3. The smallest absolute Gasteiger partial charge is 0.410 e. The minimum atomic E-state index is -3.68. The molecule has 0 spiro atoms. The Hall–Kier alpha value is -2.57. The molecule has 0 saturated carbocycles. The lowest BCUT2D eigenvalue weighted by molar-refractivity contribution is -0.131. The summed E-state index contributed by atoms with van der Waals surface area (Å²) in [5, 5.41) is 3.89. The summed E-state index contributed by atoms with van der Waals surface area (Å²) >= 11 is 0. The van der Waals surface area contributed by atoms with Gasteiger partial charge in [0, 0.05) is 11.8 Å². The Morgan fingerprint density at radius 2 is 1.89 bits per heavy atom. The largest absolute Gasteiger partial charge is 0.444 e. The molecule has 1 aromatic heterocycles. The summed E-state index contributed by atoms with van der Waals surface area (Å²) in [6.07, 6.45) is 1.02. The average molecular weight is 512 g/mol. The zero-order chi connectivity index (χ0) is 25.5. The molecule has 2 bridgehead atoms. The van der Waals surface area contributed by atoms with Crippen LogP contribution in [0.15, 0.2) is 27.6 Å². The number of nitrogens with zero attached hydrogens (tertiary/aromatic N) is 3. The van der Waals surface area contributed by atoms with E-state index in [0.717, 1.165) is 12.3 Å². The Morgan fingerprint density at radius 1 is 1.23 bits per heavy atom. The number of morpholine rings is 1. The molecule has 3 atom stereocenters. The van der Waals surface area contributed by atoms with Crippen LogP contribution in [0.2, 0.25) is 0 Å². The molecule has 4 rings (SSSR count). The topological polar surface area (TPSA) is 121 Å². The van der Waals surface area contributed by atoms with E-state index in [1.165, 1.54) is 12.1 Å². The number of aromatic nitrogens is 2. The van der Waals surface area contributed by atoms with Crippen LogP contribution >= 0.6 is 0 Å². The van der Waals surface area contributed by atoms with Crippen molar-refractivity contribution in [2.24, 2.45) is 0 Å². The molecule has 2 saturated heterocycles. The van der Waals surface area contributed by atoms with Gasteiger partial charge in [0.1, 0.15) is 22.4 Å². The molecule has 1 amide bonds. The first kappa shape index (κ1) is 25.5. The average Bonchev–Trinajstić information content (AvgIpc) is 3.21. The second-order valence-electron chi connectivity index (χ2n) is 9.98. The molecule has 2 fully saturated rings. The number of ether oxygens (including phenoxy) is 3. The molecule has 2 aliphatic rings. The first-order valence-corrected chi connectivity index (χ1v) is 13.3. The second kappa shape index (κ2) is 9.47. The van der Waals surface area contributed by atoms with Gasteiger partial charge >= 0.3 is 6.09 Å². The Morgan fingerprint density at radius 3 is 2.46 bits per heavy atom. The molecule has 2 aliphatic heterocycles. The lowest BCUT2D eigenvalue weighted by Crippen LogP contribution is -2.61. The van der Waals surface area contributed by atoms with Crippen molar-refractivity contribution in [3.05, 3.63) is 29.9 Å². The highest BCUT2D eigenvalue weighted by Gasteiger charge is 2.44. The minimum Gasteiger partial charge on any atom is -0.444 e. The minimum absolute atomic E-state index is 0.124. The van der Waals surface area contributed by atoms with Gasteiger partial charge in [-0.3, -0.25) is 4.90 Å². The highest BCUT2D eigenvalue weighted by Crippen LogP contribution is 2.33. The molecule has 10 nitrogen and oxygen atoms in total. The number of carbonyl (C=O) groups is 1. The maximum absolute atomic E-state index is 14.3. The standard InChI is InChI=1S/C23H30FN3O7S/c1-13(21-25-20(26-34-21)14-6-7-19(18(24)8-14)35(5,29)30)32-17-9-15-11-31-12-16(10-17)27(15)22(28)33-23(2,3)4/h6-8,13,15-17H,9-12H2,1-5H3/t13-,15?,16?,17?/m1/s1. The van der Waals surface area contributed by atoms with E-state index in [1.54, 1.807) is 11.8 Å². The van der Waals surface area contributed by atoms with Gasteiger partial charge in [0.2, 0.25) is 5.82 Å². The maximum Gasteiger partial charge on any atom is 0.410 e. The van der Waals surface area contributed by atoms with Crippen molar-refractivity contribution >= 4 is 15.9 Å². The lowest BCUT2D eigenvalue weighted by Gasteiger charge is -2.48. The fourth-order valence-electron chi connectivity index (χ4n) is 4.39. The van der Waals surface area contributed by atoms with Crippen LogP contribution in [0.1, 0.15) is 52.5 Å². The monoisotopic (exact) mass is 511 g/mol. The van der Waals surface area contributed by atoms with Crippen molar-refractivity contribution in [3.63, 3.8) is 0 Å². The molecule has 35 heavy (non-hydrogen) atoms. The van der Waals surface area contributed by atoms with Crippen molar-refractivity contribution in [1.82, 2.24) is 15.0 Å². The number of rotatable bonds is 5. The van der Waals surface area contributed by atoms with E-state index < -0.39 is 32.3 Å². The number of halogens is 1. The van der Waals surface area contributed by atoms with Crippen LogP contribution in [0, 0.1) is 5.82 Å². The fraction of sp³-hybridized carbons (Fsp3) is 0.609. The van der Waals surface area contributed by atoms with Crippen molar-refractivity contribution in [2.45, 2.75) is 75.3 Å². The number of hydrogen-bond donors (Lipinski definition) is 0. The molecule has 0 radical (unpaired) electrons. The molecule has 2 unspecified atom stereocenters. The van der Waals surface area contributed by atoms with Crippen LogP contribution in [0.25, 0.3) is 11.4 Å². The van der Waals surface area contributed by atoms with Gasteiger partial charge in [-0.2, -0.15) is 4.98 Å². The third-order valence-electron chi connectivity index (χ3n) is 5.86. The molecule has 0 aliphatic carbocycles. The highest BCUT2D eigenvalue weighted by atomic mass is 32.2. The van der Waals surface area contributed by atoms with Gasteiger partial charge in [0.05, 0.1) is 31.4 Å². The summed E-state index contributed by atoms with van der Waals surface area (Å²) < 4.78 is 60.3. The SMILES string of the molecule is C[C@@H](OC1CC2COCC(C1)N2C(=O)OC(C)(C)C)c1nc(-c2ccc(S(C)(=O)=O)c(F)c2)no1. The summed E-state index contributed by atoms with van der Waals surface area (Å²) in [7, 11) is -3.68. The van der Waals surface area contributed by atoms with Crippen molar-refractivity contribution in [2.75, 3.05) is 19.5 Å². The predicted molar refractivity (Wildman–Crippen MR) is 122 cm³/mol. The molecule has 0 N–H and O–H groups in total. The number of benzene rings is 1. The summed E-state index contributed by atoms with van der Waals surface area (Å²) in [6.45, 7) is 8.09. The van der Waals surface area contributed by atoms with Crippen LogP contribution in [0.4, 0.5) is 9.18 Å². The van der Waals surface area contributed by atoms with Crippen molar-refractivity contribution in [1.29, 1.82) is 0 Å². The molecular weight excluding hydrogens is 481 g/mol. The third-order valence-corrected chi connectivity index (χ3v) is 6.99. The van der Waals surface area contributed by atoms with Crippen molar-refractivity contribution < 1.29 is 36.3 Å². The van der Waals surface area contributed by atoms with Gasteiger partial charge in [0.15, 0.2) is 9.84 Å². The Labute approximate surface area is 203 Å². The lowest BCUT2D eigenvalue weighted by atomic mass is 9.92. The van der Waals surface area contributed by atoms with E-state index in [1.807, 2.05) is 20.8 Å². The zero-order valence-corrected chi connectivity index (χ0v) is 21.2. The number of carbonyl (C=O) groups excluding carboxylic acids is 1. The summed E-state index contributed by atoms with van der Waals surface area (Å²) in [4.78, 5) is 18.4. The molecule has 12 heteroatoms. The van der Waals surface area contributed by atoms with E-state index in [4.69, 9.17) is 18.7 Å². The van der Waals surface area contributed by atoms with E-state index >= 15 is 0 Å². The number of hydrogen-bond acceptors (Lipinski definition) is 9. The summed E-state index contributed by atoms with van der Waals surface area (Å²) in [5.41, 5.74) is -0.299. The molecule has 1 aromatic carbocycles. The fourth-order valence-corrected chi connectivity index (χ4v) is 5.12. The number of piperidine rings is 1. The predicted octanol–water partition coefficient (Wildman–Crippen LogP) is 3.52. The third kappa shape index (κ3) is 5.81. The number of fused-ring (bicyclic) bond motifs is 2. The highest BCUT2D eigenvalue weighted by molar-refractivity contribution is 7.90. The first-order chi connectivity index (χ1) is 16.3. The Kier molecular flexibility index (Phi) is 6.91. The Bertz CT molecular complexity index is 1180. The van der Waals surface area contributed by atoms with Crippen LogP contribution in [0.3, 0.4) is 0 Å². The van der Waals surface area contributed by atoms with Gasteiger partial charge in [-0.15, -0.1) is 0 Å². The van der Waals surface area contributed by atoms with Crippen molar-refractivity contribution in [3.8, 4) is 11.4 Å². The normalized spacial score (nSPS) is 23.7. The van der Waals surface area contributed by atoms with E-state index in [9.17, 15) is 17.6 Å².